The number of rotatable bonds is 2. The van der Waals surface area contributed by atoms with Gasteiger partial charge in [0, 0.05) is 18.9 Å². The lowest BCUT2D eigenvalue weighted by Gasteiger charge is -2.03. The van der Waals surface area contributed by atoms with Crippen LogP contribution in [0, 0.1) is 0 Å². The largest absolute Gasteiger partial charge is 0.338 e. The van der Waals surface area contributed by atoms with Crippen LogP contribution in [0.2, 0.25) is 0 Å². The van der Waals surface area contributed by atoms with Gasteiger partial charge in [-0.2, -0.15) is 0 Å². The maximum Gasteiger partial charge on any atom is 0.327 e. The van der Waals surface area contributed by atoms with Gasteiger partial charge in [-0.15, -0.1) is 0 Å². The van der Waals surface area contributed by atoms with Gasteiger partial charge in [-0.3, -0.25) is 4.57 Å². The van der Waals surface area contributed by atoms with Crippen molar-refractivity contribution < 1.29 is 4.79 Å². The molecule has 0 bridgehead atoms. The topological polar surface area (TPSA) is 46.9 Å². The van der Waals surface area contributed by atoms with E-state index in [1.54, 1.807) is 12.4 Å². The predicted octanol–water partition coefficient (Wildman–Crippen LogP) is 1.10. The molecule has 0 aromatic carbocycles. The number of nitrogens with one attached hydrogen (secondary N) is 1. The second kappa shape index (κ2) is 3.71. The average molecular weight is 165 g/mol. The van der Waals surface area contributed by atoms with Gasteiger partial charge in [0.05, 0.1) is 0 Å². The van der Waals surface area contributed by atoms with Crippen LogP contribution in [0.1, 0.15) is 12.7 Å². The first kappa shape index (κ1) is 8.52. The molecule has 0 aliphatic heterocycles. The summed E-state index contributed by atoms with van der Waals surface area (Å²) in [7, 11) is 0. The molecule has 0 aliphatic carbocycles. The van der Waals surface area contributed by atoms with Gasteiger partial charge in [-0.1, -0.05) is 6.58 Å². The molecule has 0 aliphatic rings. The van der Waals surface area contributed by atoms with Gasteiger partial charge in [0.1, 0.15) is 5.82 Å². The Morgan fingerprint density at radius 1 is 1.92 bits per heavy atom. The third-order valence-corrected chi connectivity index (χ3v) is 1.40. The fraction of sp³-hybridized carbons (Fsp3) is 0.250. The van der Waals surface area contributed by atoms with Gasteiger partial charge < -0.3 is 5.32 Å². The highest BCUT2D eigenvalue weighted by Gasteiger charge is 2.05. The maximum absolute atomic E-state index is 11.2. The Hall–Kier alpha value is -1.58. The zero-order chi connectivity index (χ0) is 8.97. The van der Waals surface area contributed by atoms with Crippen molar-refractivity contribution in [2.24, 2.45) is 0 Å². The third-order valence-electron chi connectivity index (χ3n) is 1.40. The summed E-state index contributed by atoms with van der Waals surface area (Å²) < 4.78 is 1.41. The van der Waals surface area contributed by atoms with E-state index in [9.17, 15) is 4.79 Å². The first-order valence-electron chi connectivity index (χ1n) is 3.73. The van der Waals surface area contributed by atoms with Crippen molar-refractivity contribution in [2.75, 3.05) is 6.54 Å². The highest BCUT2D eigenvalue weighted by Crippen LogP contribution is 1.97. The molecule has 1 rings (SSSR count). The number of hydrogen-bond donors (Lipinski definition) is 1. The molecule has 0 atom stereocenters. The molecule has 1 amide bonds. The van der Waals surface area contributed by atoms with E-state index in [2.05, 4.69) is 16.9 Å². The molecule has 12 heavy (non-hydrogen) atoms. The Bertz CT molecular complexity index is 290. The number of imidazole rings is 1. The van der Waals surface area contributed by atoms with Crippen LogP contribution in [0.4, 0.5) is 4.79 Å². The Labute approximate surface area is 70.9 Å². The molecule has 0 fully saturated rings. The third kappa shape index (κ3) is 1.53. The monoisotopic (exact) mass is 165 g/mol. The van der Waals surface area contributed by atoms with E-state index in [-0.39, 0.29) is 6.03 Å². The number of amides is 1. The van der Waals surface area contributed by atoms with Crippen molar-refractivity contribution in [3.63, 3.8) is 0 Å². The van der Waals surface area contributed by atoms with E-state index in [0.717, 1.165) is 0 Å². The van der Waals surface area contributed by atoms with E-state index >= 15 is 0 Å². The molecule has 4 nitrogen and oxygen atoms in total. The van der Waals surface area contributed by atoms with Gasteiger partial charge in [-0.05, 0) is 13.0 Å². The first-order chi connectivity index (χ1) is 5.79. The number of carbonyl (C=O) groups excluding carboxylic acids is 1. The average Bonchev–Trinajstić information content (AvgIpc) is 2.51. The molecule has 1 heterocycles. The number of carbonyl (C=O) groups is 1. The van der Waals surface area contributed by atoms with Gasteiger partial charge in [-0.25, -0.2) is 9.78 Å². The number of hydrogen-bond acceptors (Lipinski definition) is 2. The minimum Gasteiger partial charge on any atom is -0.338 e. The summed E-state index contributed by atoms with van der Waals surface area (Å²) in [4.78, 5) is 15.2. The minimum absolute atomic E-state index is 0.176. The van der Waals surface area contributed by atoms with Crippen molar-refractivity contribution in [3.05, 3.63) is 24.8 Å². The van der Waals surface area contributed by atoms with Crippen LogP contribution in [0.15, 0.2) is 19.0 Å². The number of aromatic nitrogens is 2. The molecule has 0 radical (unpaired) electrons. The van der Waals surface area contributed by atoms with Crippen LogP contribution in [0.3, 0.4) is 0 Å². The number of nitrogens with zero attached hydrogens (tertiary/aromatic N) is 2. The predicted molar refractivity (Wildman–Crippen MR) is 46.8 cm³/mol. The van der Waals surface area contributed by atoms with Crippen molar-refractivity contribution in [3.8, 4) is 0 Å². The Kier molecular flexibility index (Phi) is 2.63. The van der Waals surface area contributed by atoms with Crippen LogP contribution in [0.25, 0.3) is 6.08 Å². The van der Waals surface area contributed by atoms with E-state index in [4.69, 9.17) is 0 Å². The molecule has 1 aromatic rings. The summed E-state index contributed by atoms with van der Waals surface area (Å²) in [5, 5.41) is 2.66. The summed E-state index contributed by atoms with van der Waals surface area (Å²) >= 11 is 0. The highest BCUT2D eigenvalue weighted by molar-refractivity contribution is 5.78. The summed E-state index contributed by atoms with van der Waals surface area (Å²) in [6, 6.07) is -0.176. The quantitative estimate of drug-likeness (QED) is 0.713. The molecule has 1 aromatic heterocycles. The lowest BCUT2D eigenvalue weighted by molar-refractivity contribution is 0.243. The van der Waals surface area contributed by atoms with Crippen molar-refractivity contribution >= 4 is 12.1 Å². The molecule has 1 N–H and O–H groups in total. The minimum atomic E-state index is -0.176. The SMILES string of the molecule is C=Cc1nccn1C(=O)NCC. The second-order valence-corrected chi connectivity index (χ2v) is 2.20. The van der Waals surface area contributed by atoms with Crippen LogP contribution < -0.4 is 5.32 Å². The van der Waals surface area contributed by atoms with Gasteiger partial charge in [0.2, 0.25) is 0 Å². The van der Waals surface area contributed by atoms with Crippen LogP contribution in [-0.4, -0.2) is 22.1 Å². The van der Waals surface area contributed by atoms with Crippen molar-refractivity contribution in [1.82, 2.24) is 14.9 Å². The molecule has 0 spiro atoms. The second-order valence-electron chi connectivity index (χ2n) is 2.20. The maximum atomic E-state index is 11.2. The van der Waals surface area contributed by atoms with Crippen LogP contribution >= 0.6 is 0 Å². The van der Waals surface area contributed by atoms with Crippen molar-refractivity contribution in [1.29, 1.82) is 0 Å². The summed E-state index contributed by atoms with van der Waals surface area (Å²) in [6.07, 6.45) is 4.70. The molecule has 0 saturated heterocycles. The van der Waals surface area contributed by atoms with Gasteiger partial charge >= 0.3 is 6.03 Å². The molecule has 0 unspecified atom stereocenters. The van der Waals surface area contributed by atoms with E-state index in [1.165, 1.54) is 10.6 Å². The Balaban J connectivity index is 2.86. The van der Waals surface area contributed by atoms with E-state index in [1.807, 2.05) is 6.92 Å². The summed E-state index contributed by atoms with van der Waals surface area (Å²) in [5.41, 5.74) is 0. The van der Waals surface area contributed by atoms with Crippen molar-refractivity contribution in [2.45, 2.75) is 6.92 Å². The lowest BCUT2D eigenvalue weighted by Crippen LogP contribution is -2.28. The molecule has 0 saturated carbocycles. The molecule has 64 valence electrons. The van der Waals surface area contributed by atoms with E-state index in [0.29, 0.717) is 12.4 Å². The zero-order valence-corrected chi connectivity index (χ0v) is 6.95. The standard InChI is InChI=1S/C8H11N3O/c1-3-7-10-5-6-11(7)8(12)9-4-2/h3,5-6H,1,4H2,2H3,(H,9,12). The van der Waals surface area contributed by atoms with Gasteiger partial charge in [0.25, 0.3) is 0 Å². The summed E-state index contributed by atoms with van der Waals surface area (Å²) in [6.45, 7) is 6.01. The Morgan fingerprint density at radius 3 is 3.25 bits per heavy atom. The fourth-order valence-corrected chi connectivity index (χ4v) is 0.874. The van der Waals surface area contributed by atoms with Gasteiger partial charge in [0.15, 0.2) is 0 Å². The van der Waals surface area contributed by atoms with Crippen LogP contribution in [0.5, 0.6) is 0 Å². The van der Waals surface area contributed by atoms with Crippen LogP contribution in [-0.2, 0) is 0 Å². The molecular weight excluding hydrogens is 154 g/mol. The fourth-order valence-electron chi connectivity index (χ4n) is 0.874. The molecular formula is C8H11N3O. The lowest BCUT2D eigenvalue weighted by atomic mass is 10.6. The summed E-state index contributed by atoms with van der Waals surface area (Å²) in [5.74, 6) is 0.556. The highest BCUT2D eigenvalue weighted by atomic mass is 16.2. The first-order valence-corrected chi connectivity index (χ1v) is 3.73. The smallest absolute Gasteiger partial charge is 0.327 e. The Morgan fingerprint density at radius 2 is 2.67 bits per heavy atom. The molecule has 4 heteroatoms. The van der Waals surface area contributed by atoms with E-state index < -0.39 is 0 Å². The zero-order valence-electron chi connectivity index (χ0n) is 6.95. The normalized spacial score (nSPS) is 9.42.